The predicted octanol–water partition coefficient (Wildman–Crippen LogP) is 4.30. The quantitative estimate of drug-likeness (QED) is 0.585. The van der Waals surface area contributed by atoms with E-state index in [1.807, 2.05) is 0 Å². The maximum absolute atomic E-state index is 13.0. The maximum Gasteiger partial charge on any atom is 0.416 e. The summed E-state index contributed by atoms with van der Waals surface area (Å²) >= 11 is 0. The van der Waals surface area contributed by atoms with Gasteiger partial charge in [-0.1, -0.05) is 12.1 Å². The lowest BCUT2D eigenvalue weighted by molar-refractivity contribution is -0.140. The zero-order valence-corrected chi connectivity index (χ0v) is 14.4. The summed E-state index contributed by atoms with van der Waals surface area (Å²) in [5.74, 6) is -0.590. The van der Waals surface area contributed by atoms with Crippen molar-refractivity contribution >= 4 is 11.8 Å². The van der Waals surface area contributed by atoms with Crippen molar-refractivity contribution in [1.82, 2.24) is 0 Å². The summed E-state index contributed by atoms with van der Waals surface area (Å²) in [5.41, 5.74) is 0.327. The molecule has 0 spiro atoms. The van der Waals surface area contributed by atoms with Gasteiger partial charge in [-0.15, -0.1) is 0 Å². The topological polar surface area (TPSA) is 52.6 Å². The lowest BCUT2D eigenvalue weighted by Gasteiger charge is -2.15. The normalized spacial score (nSPS) is 11.2. The van der Waals surface area contributed by atoms with E-state index >= 15 is 0 Å². The molecule has 0 unspecified atom stereocenters. The molecule has 2 rings (SSSR count). The Morgan fingerprint density at radius 1 is 1.00 bits per heavy atom. The molecule has 26 heavy (non-hydrogen) atoms. The van der Waals surface area contributed by atoms with Crippen LogP contribution in [0.25, 0.3) is 11.1 Å². The third kappa shape index (κ3) is 4.22. The first-order valence-corrected chi connectivity index (χ1v) is 7.63. The Kier molecular flexibility index (Phi) is 5.69. The van der Waals surface area contributed by atoms with Gasteiger partial charge in [0.05, 0.1) is 26.2 Å². The highest BCUT2D eigenvalue weighted by molar-refractivity contribution is 6.01. The van der Waals surface area contributed by atoms with Crippen LogP contribution in [0.2, 0.25) is 0 Å². The maximum atomic E-state index is 13.0. The van der Waals surface area contributed by atoms with Crippen molar-refractivity contribution in [1.29, 1.82) is 0 Å². The monoisotopic (exact) mass is 366 g/mol. The average Bonchev–Trinajstić information content (AvgIpc) is 2.60. The minimum atomic E-state index is -4.56. The molecule has 0 atom stereocenters. The lowest BCUT2D eigenvalue weighted by Crippen LogP contribution is -2.08. The van der Waals surface area contributed by atoms with E-state index in [1.54, 1.807) is 18.2 Å². The third-order valence-corrected chi connectivity index (χ3v) is 3.86. The molecule has 0 aromatic heterocycles. The number of carbonyl (C=O) groups is 2. The summed E-state index contributed by atoms with van der Waals surface area (Å²) in [6, 6.07) is 7.81. The van der Waals surface area contributed by atoms with Crippen LogP contribution < -0.4 is 4.74 Å². The molecule has 138 valence electrons. The van der Waals surface area contributed by atoms with Crippen LogP contribution >= 0.6 is 0 Å². The van der Waals surface area contributed by atoms with E-state index in [9.17, 15) is 22.8 Å². The number of rotatable bonds is 5. The number of esters is 1. The van der Waals surface area contributed by atoms with Gasteiger partial charge in [0.1, 0.15) is 5.75 Å². The number of halogens is 3. The summed E-state index contributed by atoms with van der Waals surface area (Å²) in [5, 5.41) is 0. The first-order chi connectivity index (χ1) is 12.2. The number of ketones is 1. The number of ether oxygens (including phenoxy) is 2. The molecule has 0 aliphatic carbocycles. The first kappa shape index (κ1) is 19.5. The van der Waals surface area contributed by atoms with Crippen molar-refractivity contribution in [3.05, 3.63) is 53.1 Å². The van der Waals surface area contributed by atoms with Gasteiger partial charge in [0.25, 0.3) is 0 Å². The fourth-order valence-electron chi connectivity index (χ4n) is 2.56. The van der Waals surface area contributed by atoms with Gasteiger partial charge in [0.2, 0.25) is 0 Å². The van der Waals surface area contributed by atoms with Gasteiger partial charge in [0, 0.05) is 11.1 Å². The van der Waals surface area contributed by atoms with Crippen LogP contribution in [0.3, 0.4) is 0 Å². The molecular formula is C19H17F3O4. The Morgan fingerprint density at radius 3 is 2.23 bits per heavy atom. The van der Waals surface area contributed by atoms with Gasteiger partial charge in [-0.25, -0.2) is 0 Å². The van der Waals surface area contributed by atoms with E-state index in [-0.39, 0.29) is 12.0 Å². The molecule has 0 saturated heterocycles. The van der Waals surface area contributed by atoms with Crippen molar-refractivity contribution in [3.63, 3.8) is 0 Å². The Balaban J connectivity index is 2.64. The smallest absolute Gasteiger partial charge is 0.416 e. The summed E-state index contributed by atoms with van der Waals surface area (Å²) in [7, 11) is 2.67. The fraction of sp³-hybridized carbons (Fsp3) is 0.263. The summed E-state index contributed by atoms with van der Waals surface area (Å²) < 4.78 is 48.8. The summed E-state index contributed by atoms with van der Waals surface area (Å²) in [6.45, 7) is 1.20. The van der Waals surface area contributed by atoms with Gasteiger partial charge >= 0.3 is 12.1 Å². The molecule has 7 heteroatoms. The molecule has 0 radical (unpaired) electrons. The minimum absolute atomic E-state index is 0.0104. The number of alkyl halides is 3. The highest BCUT2D eigenvalue weighted by atomic mass is 19.4. The van der Waals surface area contributed by atoms with Crippen LogP contribution in [0.4, 0.5) is 13.2 Å². The molecule has 2 aromatic carbocycles. The molecule has 0 N–H and O–H groups in total. The van der Waals surface area contributed by atoms with E-state index in [0.29, 0.717) is 22.4 Å². The van der Waals surface area contributed by atoms with E-state index < -0.39 is 23.5 Å². The number of hydrogen-bond acceptors (Lipinski definition) is 4. The first-order valence-electron chi connectivity index (χ1n) is 7.63. The zero-order valence-electron chi connectivity index (χ0n) is 14.4. The highest BCUT2D eigenvalue weighted by Crippen LogP contribution is 2.37. The lowest BCUT2D eigenvalue weighted by atomic mass is 9.93. The van der Waals surface area contributed by atoms with E-state index in [4.69, 9.17) is 4.74 Å². The Morgan fingerprint density at radius 2 is 1.69 bits per heavy atom. The van der Waals surface area contributed by atoms with Gasteiger partial charge in [-0.05, 0) is 42.3 Å². The van der Waals surface area contributed by atoms with Crippen LogP contribution in [0, 0.1) is 0 Å². The van der Waals surface area contributed by atoms with Gasteiger partial charge in [-0.2, -0.15) is 13.2 Å². The van der Waals surface area contributed by atoms with Crippen LogP contribution in [0.1, 0.15) is 28.4 Å². The second-order valence-electron chi connectivity index (χ2n) is 5.60. The van der Waals surface area contributed by atoms with Gasteiger partial charge in [-0.3, -0.25) is 9.59 Å². The molecule has 0 bridgehead atoms. The third-order valence-electron chi connectivity index (χ3n) is 3.86. The second kappa shape index (κ2) is 7.59. The average molecular weight is 366 g/mol. The largest absolute Gasteiger partial charge is 0.496 e. The molecule has 4 nitrogen and oxygen atoms in total. The molecule has 0 aliphatic heterocycles. The van der Waals surface area contributed by atoms with Gasteiger partial charge < -0.3 is 9.47 Å². The number of Topliss-reactive ketones (excluding diaryl/α,β-unsaturated/α-hetero) is 1. The van der Waals surface area contributed by atoms with Gasteiger partial charge in [0.15, 0.2) is 5.78 Å². The van der Waals surface area contributed by atoms with Crippen molar-refractivity contribution < 1.29 is 32.2 Å². The summed E-state index contributed by atoms with van der Waals surface area (Å²) in [4.78, 5) is 23.4. The molecule has 0 amide bonds. The Labute approximate surface area is 148 Å². The Hall–Kier alpha value is -2.83. The zero-order chi connectivity index (χ0) is 19.5. The van der Waals surface area contributed by atoms with E-state index in [2.05, 4.69) is 4.74 Å². The van der Waals surface area contributed by atoms with Crippen LogP contribution in [0.15, 0.2) is 36.4 Å². The molecule has 0 saturated carbocycles. The molecule has 2 aromatic rings. The number of benzene rings is 2. The number of hydrogen-bond donors (Lipinski definition) is 0. The fourth-order valence-corrected chi connectivity index (χ4v) is 2.56. The SMILES string of the molecule is COC(=O)Cc1ccc(OC)c(-c2ccc(C(F)(F)F)cc2C(C)=O)c1. The van der Waals surface area contributed by atoms with Crippen LogP contribution in [0.5, 0.6) is 5.75 Å². The van der Waals surface area contributed by atoms with Crippen molar-refractivity contribution in [3.8, 4) is 16.9 Å². The molecule has 0 heterocycles. The van der Waals surface area contributed by atoms with E-state index in [1.165, 1.54) is 27.2 Å². The Bertz CT molecular complexity index is 841. The number of methoxy groups -OCH3 is 2. The standard InChI is InChI=1S/C19H17F3O4/c1-11(23)15-10-13(19(20,21)22)5-6-14(15)16-8-12(9-18(24)26-3)4-7-17(16)25-2/h4-8,10H,9H2,1-3H3. The van der Waals surface area contributed by atoms with Crippen molar-refractivity contribution in [2.24, 2.45) is 0 Å². The van der Waals surface area contributed by atoms with E-state index in [0.717, 1.165) is 12.1 Å². The predicted molar refractivity (Wildman–Crippen MR) is 89.2 cm³/mol. The number of carbonyl (C=O) groups excluding carboxylic acids is 2. The second-order valence-corrected chi connectivity index (χ2v) is 5.60. The molecular weight excluding hydrogens is 349 g/mol. The summed E-state index contributed by atoms with van der Waals surface area (Å²) in [6.07, 6.45) is -4.57. The van der Waals surface area contributed by atoms with Crippen LogP contribution in [-0.4, -0.2) is 26.0 Å². The highest BCUT2D eigenvalue weighted by Gasteiger charge is 2.31. The van der Waals surface area contributed by atoms with Crippen molar-refractivity contribution in [2.75, 3.05) is 14.2 Å². The molecule has 0 aliphatic rings. The minimum Gasteiger partial charge on any atom is -0.496 e. The molecule has 0 fully saturated rings. The van der Waals surface area contributed by atoms with Crippen LogP contribution in [-0.2, 0) is 22.1 Å². The van der Waals surface area contributed by atoms with Crippen molar-refractivity contribution in [2.45, 2.75) is 19.5 Å².